The Balaban J connectivity index is 1.64. The van der Waals surface area contributed by atoms with Gasteiger partial charge < -0.3 is 14.1 Å². The summed E-state index contributed by atoms with van der Waals surface area (Å²) in [7, 11) is 1.69. The Morgan fingerprint density at radius 2 is 1.93 bits per heavy atom. The highest BCUT2D eigenvalue weighted by molar-refractivity contribution is 5.99. The molecule has 140 valence electrons. The van der Waals surface area contributed by atoms with Gasteiger partial charge in [0.15, 0.2) is 5.76 Å². The normalized spacial score (nSPS) is 18.9. The van der Waals surface area contributed by atoms with Crippen LogP contribution in [0.5, 0.6) is 5.75 Å². The lowest BCUT2D eigenvalue weighted by atomic mass is 10.1. The Morgan fingerprint density at radius 3 is 2.81 bits per heavy atom. The van der Waals surface area contributed by atoms with E-state index in [0.717, 1.165) is 72.2 Å². The molecule has 4 nitrogen and oxygen atoms in total. The Labute approximate surface area is 160 Å². The van der Waals surface area contributed by atoms with Gasteiger partial charge in [0.05, 0.1) is 24.2 Å². The zero-order valence-corrected chi connectivity index (χ0v) is 15.8. The molecule has 0 unspecified atom stereocenters. The first-order valence-electron chi connectivity index (χ1n) is 9.80. The molecular formula is C23H26N2O2. The van der Waals surface area contributed by atoms with Crippen molar-refractivity contribution in [3.05, 3.63) is 59.7 Å². The number of aliphatic imine (C=N–C) groups is 1. The summed E-state index contributed by atoms with van der Waals surface area (Å²) in [6.45, 7) is 0. The van der Waals surface area contributed by atoms with Crippen molar-refractivity contribution in [2.24, 2.45) is 4.99 Å². The molecule has 4 rings (SSSR count). The number of nitrogens with zero attached hydrogens (tertiary/aromatic N) is 1. The van der Waals surface area contributed by atoms with Crippen LogP contribution in [-0.4, -0.2) is 17.8 Å². The monoisotopic (exact) mass is 362 g/mol. The van der Waals surface area contributed by atoms with Crippen LogP contribution in [0.2, 0.25) is 0 Å². The van der Waals surface area contributed by atoms with Crippen molar-refractivity contribution in [2.45, 2.75) is 44.9 Å². The molecule has 0 radical (unpaired) electrons. The lowest BCUT2D eigenvalue weighted by Gasteiger charge is -1.98. The van der Waals surface area contributed by atoms with Crippen LogP contribution in [-0.2, 0) is 6.42 Å². The molecule has 1 N–H and O–H groups in total. The number of allylic oxidation sites excluding steroid dienone is 4. The highest BCUT2D eigenvalue weighted by Gasteiger charge is 2.13. The van der Waals surface area contributed by atoms with Gasteiger partial charge in [-0.25, -0.2) is 0 Å². The Kier molecular flexibility index (Phi) is 5.42. The van der Waals surface area contributed by atoms with E-state index in [4.69, 9.17) is 14.1 Å². The maximum absolute atomic E-state index is 6.03. The summed E-state index contributed by atoms with van der Waals surface area (Å²) in [6, 6.07) is 6.08. The maximum Gasteiger partial charge on any atom is 0.150 e. The van der Waals surface area contributed by atoms with Crippen molar-refractivity contribution in [1.29, 1.82) is 0 Å². The minimum Gasteiger partial charge on any atom is -0.494 e. The first kappa shape index (κ1) is 17.7. The topological polar surface area (TPSA) is 50.5 Å². The van der Waals surface area contributed by atoms with Crippen molar-refractivity contribution in [3.8, 4) is 17.2 Å². The van der Waals surface area contributed by atoms with Crippen molar-refractivity contribution in [2.75, 3.05) is 7.11 Å². The summed E-state index contributed by atoms with van der Waals surface area (Å²) in [5.74, 6) is 2.66. The average Bonchev–Trinajstić information content (AvgIpc) is 3.39. The summed E-state index contributed by atoms with van der Waals surface area (Å²) >= 11 is 0. The molecular weight excluding hydrogens is 336 g/mol. The summed E-state index contributed by atoms with van der Waals surface area (Å²) in [5.41, 5.74) is 3.95. The molecule has 2 aliphatic rings. The minimum atomic E-state index is 0.798. The second-order valence-corrected chi connectivity index (χ2v) is 7.05. The molecule has 2 aromatic heterocycles. The Bertz CT molecular complexity index is 909. The highest BCUT2D eigenvalue weighted by atomic mass is 16.5. The quantitative estimate of drug-likeness (QED) is 0.624. The number of methoxy groups -OCH3 is 1. The fraction of sp³-hybridized carbons (Fsp3) is 0.348. The molecule has 0 amide bonds. The van der Waals surface area contributed by atoms with Crippen LogP contribution in [0.25, 0.3) is 17.5 Å². The number of H-pyrrole nitrogens is 1. The van der Waals surface area contributed by atoms with E-state index < -0.39 is 0 Å². The molecule has 0 saturated heterocycles. The van der Waals surface area contributed by atoms with Crippen LogP contribution in [0.1, 0.15) is 50.0 Å². The largest absolute Gasteiger partial charge is 0.494 e. The molecule has 2 aliphatic heterocycles. The van der Waals surface area contributed by atoms with E-state index in [1.54, 1.807) is 7.11 Å². The second-order valence-electron chi connectivity index (χ2n) is 7.05. The van der Waals surface area contributed by atoms with Crippen molar-refractivity contribution in [3.63, 3.8) is 0 Å². The summed E-state index contributed by atoms with van der Waals surface area (Å²) in [6.07, 6.45) is 18.6. The van der Waals surface area contributed by atoms with Crippen LogP contribution in [0.15, 0.2) is 57.6 Å². The smallest absolute Gasteiger partial charge is 0.150 e. The van der Waals surface area contributed by atoms with Gasteiger partial charge in [0.25, 0.3) is 0 Å². The van der Waals surface area contributed by atoms with E-state index in [1.165, 1.54) is 12.8 Å². The lowest BCUT2D eigenvalue weighted by Crippen LogP contribution is -1.90. The molecule has 6 bridgehead atoms. The molecule has 4 heterocycles. The summed E-state index contributed by atoms with van der Waals surface area (Å²) in [4.78, 5) is 8.15. The first-order valence-corrected chi connectivity index (χ1v) is 9.80. The van der Waals surface area contributed by atoms with Gasteiger partial charge in [-0.05, 0) is 68.9 Å². The first-order chi connectivity index (χ1) is 13.3. The minimum absolute atomic E-state index is 0.798. The van der Waals surface area contributed by atoms with Gasteiger partial charge in [0.1, 0.15) is 11.5 Å². The average molecular weight is 362 g/mol. The SMILES string of the molecule is COc1cc2[nH]c1C=C1C=CC(=N1)CCCC/C=C/CCCc1ccc-2o1. The van der Waals surface area contributed by atoms with Gasteiger partial charge >= 0.3 is 0 Å². The third kappa shape index (κ3) is 4.33. The predicted octanol–water partition coefficient (Wildman–Crippen LogP) is 6.09. The number of ether oxygens (including phenoxy) is 1. The standard InChI is InChI=1S/C23H26N2O2/c1-26-23-16-21-22-14-13-19(27-22)10-8-6-4-2-3-5-7-9-17-11-12-18(24-17)15-20(23)25-21/h2,4,11-16,25H,3,5-10H2,1H3/b4-2+,18-15?. The highest BCUT2D eigenvalue weighted by Crippen LogP contribution is 2.31. The number of aryl methyl sites for hydroxylation is 1. The van der Waals surface area contributed by atoms with Gasteiger partial charge in [-0.15, -0.1) is 0 Å². The van der Waals surface area contributed by atoms with Gasteiger partial charge in [0.2, 0.25) is 0 Å². The number of hydrogen-bond acceptors (Lipinski definition) is 3. The van der Waals surface area contributed by atoms with Gasteiger partial charge in [-0.3, -0.25) is 4.99 Å². The van der Waals surface area contributed by atoms with Gasteiger partial charge in [-0.2, -0.15) is 0 Å². The molecule has 0 saturated carbocycles. The molecule has 0 fully saturated rings. The number of hydrogen-bond donors (Lipinski definition) is 1. The third-order valence-corrected chi connectivity index (χ3v) is 4.98. The van der Waals surface area contributed by atoms with Crippen molar-refractivity contribution in [1.82, 2.24) is 4.98 Å². The second kappa shape index (κ2) is 8.30. The number of aromatic nitrogens is 1. The van der Waals surface area contributed by atoms with E-state index in [9.17, 15) is 0 Å². The van der Waals surface area contributed by atoms with Crippen LogP contribution < -0.4 is 4.74 Å². The van der Waals surface area contributed by atoms with E-state index in [0.29, 0.717) is 0 Å². The van der Waals surface area contributed by atoms with Crippen LogP contribution >= 0.6 is 0 Å². The molecule has 0 spiro atoms. The fourth-order valence-electron chi connectivity index (χ4n) is 3.51. The number of fused-ring (bicyclic) bond motifs is 6. The molecule has 0 aromatic carbocycles. The number of nitrogens with one attached hydrogen (secondary N) is 1. The van der Waals surface area contributed by atoms with E-state index >= 15 is 0 Å². The molecule has 0 aliphatic carbocycles. The van der Waals surface area contributed by atoms with Crippen LogP contribution in [0.4, 0.5) is 0 Å². The van der Waals surface area contributed by atoms with E-state index in [1.807, 2.05) is 18.2 Å². The summed E-state index contributed by atoms with van der Waals surface area (Å²) < 4.78 is 11.6. The third-order valence-electron chi connectivity index (χ3n) is 4.98. The van der Waals surface area contributed by atoms with Crippen molar-refractivity contribution < 1.29 is 9.15 Å². The number of furan rings is 1. The van der Waals surface area contributed by atoms with Crippen molar-refractivity contribution >= 4 is 11.8 Å². The lowest BCUT2D eigenvalue weighted by molar-refractivity contribution is 0.414. The Hall–Kier alpha value is -2.75. The molecule has 27 heavy (non-hydrogen) atoms. The Morgan fingerprint density at radius 1 is 1.04 bits per heavy atom. The van der Waals surface area contributed by atoms with Crippen LogP contribution in [0, 0.1) is 0 Å². The number of aromatic amines is 1. The zero-order valence-electron chi connectivity index (χ0n) is 15.8. The van der Waals surface area contributed by atoms with Gasteiger partial charge in [0, 0.05) is 18.2 Å². The summed E-state index contributed by atoms with van der Waals surface area (Å²) in [5, 5.41) is 0. The van der Waals surface area contributed by atoms with E-state index in [-0.39, 0.29) is 0 Å². The van der Waals surface area contributed by atoms with E-state index in [2.05, 4.69) is 35.4 Å². The fourth-order valence-corrected chi connectivity index (χ4v) is 3.51. The molecule has 2 aromatic rings. The van der Waals surface area contributed by atoms with Crippen LogP contribution in [0.3, 0.4) is 0 Å². The molecule has 0 atom stereocenters. The number of rotatable bonds is 1. The predicted molar refractivity (Wildman–Crippen MR) is 110 cm³/mol. The molecule has 4 heteroatoms. The zero-order chi connectivity index (χ0) is 18.5. The van der Waals surface area contributed by atoms with Gasteiger partial charge in [-0.1, -0.05) is 12.2 Å². The maximum atomic E-state index is 6.03.